The molecule has 4 heteroatoms. The van der Waals surface area contributed by atoms with Gasteiger partial charge in [0, 0.05) is 11.0 Å². The second-order valence-corrected chi connectivity index (χ2v) is 8.67. The summed E-state index contributed by atoms with van der Waals surface area (Å²) in [5, 5.41) is 11.1. The van der Waals surface area contributed by atoms with Gasteiger partial charge < -0.3 is 5.11 Å². The lowest BCUT2D eigenvalue weighted by molar-refractivity contribution is -0.441. The summed E-state index contributed by atoms with van der Waals surface area (Å²) in [7, 11) is 0. The third-order valence-corrected chi connectivity index (χ3v) is 7.25. The fourth-order valence-corrected chi connectivity index (χ4v) is 5.37. The van der Waals surface area contributed by atoms with Crippen molar-refractivity contribution < 1.29 is 14.9 Å². The van der Waals surface area contributed by atoms with Crippen LogP contribution in [0.2, 0.25) is 0 Å². The lowest BCUT2D eigenvalue weighted by Crippen LogP contribution is -2.57. The Labute approximate surface area is 126 Å². The molecule has 3 aliphatic rings. The Kier molecular flexibility index (Phi) is 4.38. The minimum absolute atomic E-state index is 0.144. The molecule has 1 N–H and O–H groups in total. The van der Waals surface area contributed by atoms with E-state index in [4.69, 9.17) is 9.78 Å². The number of hydrogen-bond acceptors (Lipinski definition) is 4. The van der Waals surface area contributed by atoms with Gasteiger partial charge in [0.15, 0.2) is 0 Å². The van der Waals surface area contributed by atoms with E-state index in [1.807, 2.05) is 6.92 Å². The van der Waals surface area contributed by atoms with E-state index in [-0.39, 0.29) is 11.7 Å². The highest BCUT2D eigenvalue weighted by Crippen LogP contribution is 2.47. The molecule has 0 aromatic heterocycles. The van der Waals surface area contributed by atoms with Crippen LogP contribution in [0.1, 0.15) is 65.2 Å². The van der Waals surface area contributed by atoms with E-state index in [1.54, 1.807) is 0 Å². The standard InChI is InChI=1S/C16H28O3S/c1-15(17)9-8-12-10-14(15)18-19-16(12,2)11-20-13-6-4-3-5-7-13/h12-14,17H,3-11H2,1-2H3/t12-,14-,15-,16-/m1/s1. The fraction of sp³-hybridized carbons (Fsp3) is 1.00. The van der Waals surface area contributed by atoms with Crippen molar-refractivity contribution in [3.8, 4) is 0 Å². The SMILES string of the molecule is C[C@]1(CSC2CCCCC2)OO[C@@H]2C[C@H]1CC[C@@]2(C)O. The number of thioether (sulfide) groups is 1. The van der Waals surface area contributed by atoms with E-state index < -0.39 is 5.60 Å². The fourth-order valence-electron chi connectivity index (χ4n) is 3.85. The summed E-state index contributed by atoms with van der Waals surface area (Å²) >= 11 is 2.08. The van der Waals surface area contributed by atoms with Crippen LogP contribution in [0, 0.1) is 5.92 Å². The maximum Gasteiger partial charge on any atom is 0.122 e. The average Bonchev–Trinajstić information content (AvgIpc) is 2.45. The molecule has 1 heterocycles. The summed E-state index contributed by atoms with van der Waals surface area (Å²) in [5.74, 6) is 1.55. The minimum Gasteiger partial charge on any atom is -0.387 e. The van der Waals surface area contributed by atoms with Crippen LogP contribution >= 0.6 is 11.8 Å². The van der Waals surface area contributed by atoms with Gasteiger partial charge in [0.25, 0.3) is 0 Å². The van der Waals surface area contributed by atoms with Crippen LogP contribution < -0.4 is 0 Å². The van der Waals surface area contributed by atoms with Crippen LogP contribution in [0.3, 0.4) is 0 Å². The van der Waals surface area contributed by atoms with Crippen molar-refractivity contribution in [1.29, 1.82) is 0 Å². The van der Waals surface area contributed by atoms with Gasteiger partial charge in [-0.05, 0) is 51.9 Å². The molecular weight excluding hydrogens is 272 g/mol. The van der Waals surface area contributed by atoms with E-state index in [2.05, 4.69) is 18.7 Å². The molecular formula is C16H28O3S. The molecule has 2 aliphatic carbocycles. The molecule has 116 valence electrons. The Balaban J connectivity index is 1.56. The van der Waals surface area contributed by atoms with Crippen molar-refractivity contribution in [1.82, 2.24) is 0 Å². The van der Waals surface area contributed by atoms with Crippen LogP contribution in [-0.4, -0.2) is 33.4 Å². The zero-order valence-corrected chi connectivity index (χ0v) is 13.6. The smallest absolute Gasteiger partial charge is 0.122 e. The zero-order chi connectivity index (χ0) is 14.2. The Morgan fingerprint density at radius 1 is 1.15 bits per heavy atom. The van der Waals surface area contributed by atoms with E-state index in [0.717, 1.165) is 30.3 Å². The number of fused-ring (bicyclic) bond motifs is 2. The molecule has 1 aliphatic heterocycles. The first-order valence-corrected chi connectivity index (χ1v) is 9.23. The molecule has 3 fully saturated rings. The maximum absolute atomic E-state index is 10.3. The monoisotopic (exact) mass is 300 g/mol. The number of hydrogen-bond donors (Lipinski definition) is 1. The normalized spacial score (nSPS) is 46.4. The summed E-state index contributed by atoms with van der Waals surface area (Å²) in [6.07, 6.45) is 9.59. The third kappa shape index (κ3) is 3.03. The largest absolute Gasteiger partial charge is 0.387 e. The van der Waals surface area contributed by atoms with Crippen molar-refractivity contribution in [3.63, 3.8) is 0 Å². The number of aliphatic hydroxyl groups is 1. The van der Waals surface area contributed by atoms with Crippen molar-refractivity contribution in [3.05, 3.63) is 0 Å². The highest BCUT2D eigenvalue weighted by Gasteiger charge is 2.51. The summed E-state index contributed by atoms with van der Waals surface area (Å²) in [4.78, 5) is 11.3. The quantitative estimate of drug-likeness (QED) is 0.807. The average molecular weight is 300 g/mol. The molecule has 4 atom stereocenters. The summed E-state index contributed by atoms with van der Waals surface area (Å²) in [6.45, 7) is 4.07. The summed E-state index contributed by atoms with van der Waals surface area (Å²) in [5.41, 5.74) is -0.885. The van der Waals surface area contributed by atoms with Crippen LogP contribution in [0.25, 0.3) is 0 Å². The molecule has 0 aromatic rings. The molecule has 0 spiro atoms. The predicted octanol–water partition coefficient (Wildman–Crippen LogP) is 3.69. The van der Waals surface area contributed by atoms with E-state index >= 15 is 0 Å². The molecule has 0 amide bonds. The Hall–Kier alpha value is 0.230. The third-order valence-electron chi connectivity index (χ3n) is 5.57. The molecule has 0 unspecified atom stereocenters. The molecule has 0 radical (unpaired) electrons. The molecule has 20 heavy (non-hydrogen) atoms. The van der Waals surface area contributed by atoms with E-state index in [9.17, 15) is 5.11 Å². The Morgan fingerprint density at radius 3 is 2.65 bits per heavy atom. The number of rotatable bonds is 3. The van der Waals surface area contributed by atoms with Gasteiger partial charge in [-0.15, -0.1) is 0 Å². The van der Waals surface area contributed by atoms with Crippen molar-refractivity contribution in [2.45, 2.75) is 87.8 Å². The molecule has 0 aromatic carbocycles. The molecule has 1 saturated heterocycles. The zero-order valence-electron chi connectivity index (χ0n) is 12.8. The molecule has 2 bridgehead atoms. The predicted molar refractivity (Wildman–Crippen MR) is 81.7 cm³/mol. The topological polar surface area (TPSA) is 38.7 Å². The Morgan fingerprint density at radius 2 is 1.90 bits per heavy atom. The van der Waals surface area contributed by atoms with E-state index in [0.29, 0.717) is 5.92 Å². The van der Waals surface area contributed by atoms with Gasteiger partial charge in [-0.2, -0.15) is 11.8 Å². The first kappa shape index (κ1) is 15.1. The van der Waals surface area contributed by atoms with Crippen LogP contribution in [0.15, 0.2) is 0 Å². The van der Waals surface area contributed by atoms with Crippen LogP contribution in [-0.2, 0) is 9.78 Å². The highest BCUT2D eigenvalue weighted by atomic mass is 32.2. The first-order chi connectivity index (χ1) is 9.50. The second kappa shape index (κ2) is 5.79. The van der Waals surface area contributed by atoms with Crippen LogP contribution in [0.4, 0.5) is 0 Å². The summed E-state index contributed by atoms with van der Waals surface area (Å²) in [6, 6.07) is 0. The molecule has 3 nitrogen and oxygen atoms in total. The second-order valence-electron chi connectivity index (χ2n) is 7.38. The van der Waals surface area contributed by atoms with Crippen molar-refractivity contribution >= 4 is 11.8 Å². The first-order valence-electron chi connectivity index (χ1n) is 8.18. The van der Waals surface area contributed by atoms with Crippen molar-refractivity contribution in [2.75, 3.05) is 5.75 Å². The van der Waals surface area contributed by atoms with Gasteiger partial charge >= 0.3 is 0 Å². The lowest BCUT2D eigenvalue weighted by atomic mass is 9.71. The summed E-state index contributed by atoms with van der Waals surface area (Å²) < 4.78 is 0. The van der Waals surface area contributed by atoms with Gasteiger partial charge in [0.05, 0.1) is 5.60 Å². The lowest BCUT2D eigenvalue weighted by Gasteiger charge is -2.50. The Bertz CT molecular complexity index is 341. The van der Waals surface area contributed by atoms with Gasteiger partial charge in [-0.25, -0.2) is 9.78 Å². The maximum atomic E-state index is 10.3. The highest BCUT2D eigenvalue weighted by molar-refractivity contribution is 7.99. The van der Waals surface area contributed by atoms with Crippen molar-refractivity contribution in [2.24, 2.45) is 5.92 Å². The van der Waals surface area contributed by atoms with Crippen LogP contribution in [0.5, 0.6) is 0 Å². The molecule has 2 saturated carbocycles. The minimum atomic E-state index is -0.714. The van der Waals surface area contributed by atoms with Gasteiger partial charge in [0.2, 0.25) is 0 Å². The van der Waals surface area contributed by atoms with Gasteiger partial charge in [0.1, 0.15) is 11.7 Å². The molecule has 3 rings (SSSR count). The van der Waals surface area contributed by atoms with Gasteiger partial charge in [-0.1, -0.05) is 19.3 Å². The van der Waals surface area contributed by atoms with Gasteiger partial charge in [-0.3, -0.25) is 0 Å². The van der Waals surface area contributed by atoms with E-state index in [1.165, 1.54) is 32.1 Å².